The number of nitrogens with two attached hydrogens (primary N) is 2. The molecule has 5 unspecified atom stereocenters. The number of nitrogens with one attached hydrogen (secondary N) is 5. The van der Waals surface area contributed by atoms with Crippen molar-refractivity contribution >= 4 is 40.5 Å². The summed E-state index contributed by atoms with van der Waals surface area (Å²) < 4.78 is 0. The number of carbonyl (C=O) groups excluding carboxylic acids is 4. The quantitative estimate of drug-likeness (QED) is 0.0995. The zero-order valence-corrected chi connectivity index (χ0v) is 22.3. The number of benzene rings is 1. The van der Waals surface area contributed by atoms with E-state index < -0.39 is 59.9 Å². The summed E-state index contributed by atoms with van der Waals surface area (Å²) in [6.07, 6.45) is 2.69. The lowest BCUT2D eigenvalue weighted by atomic mass is 10.0. The molecule has 1 aromatic carbocycles. The number of hydrogen-bond acceptors (Lipinski definition) is 8. The molecule has 2 aromatic heterocycles. The summed E-state index contributed by atoms with van der Waals surface area (Å²) >= 11 is 0. The summed E-state index contributed by atoms with van der Waals surface area (Å²) in [5, 5.41) is 27.6. The first-order valence-electron chi connectivity index (χ1n) is 12.8. The third-order valence-corrected chi connectivity index (χ3v) is 6.46. The molecule has 0 aliphatic rings. The van der Waals surface area contributed by atoms with Crippen LogP contribution >= 0.6 is 0 Å². The second-order valence-electron chi connectivity index (χ2n) is 9.64. The lowest BCUT2D eigenvalue weighted by Crippen LogP contribution is -2.59. The molecule has 0 saturated heterocycles. The Hall–Kier alpha value is -4.76. The van der Waals surface area contributed by atoms with Crippen molar-refractivity contribution in [3.8, 4) is 0 Å². The Kier molecular flexibility index (Phi) is 10.5. The second kappa shape index (κ2) is 14.0. The van der Waals surface area contributed by atoms with Gasteiger partial charge in [-0.2, -0.15) is 0 Å². The van der Waals surface area contributed by atoms with Gasteiger partial charge in [0, 0.05) is 48.3 Å². The molecule has 0 aliphatic carbocycles. The summed E-state index contributed by atoms with van der Waals surface area (Å²) in [5.41, 5.74) is 12.8. The highest BCUT2D eigenvalue weighted by molar-refractivity contribution is 5.95. The van der Waals surface area contributed by atoms with Crippen LogP contribution in [0.1, 0.15) is 31.0 Å². The molecule has 5 atom stereocenters. The Morgan fingerprint density at radius 1 is 0.951 bits per heavy atom. The first-order chi connectivity index (χ1) is 19.5. The van der Waals surface area contributed by atoms with Crippen molar-refractivity contribution in [2.45, 2.75) is 62.9 Å². The Bertz CT molecular complexity index is 1370. The second-order valence-corrected chi connectivity index (χ2v) is 9.64. The Labute approximate surface area is 234 Å². The van der Waals surface area contributed by atoms with E-state index in [4.69, 9.17) is 11.5 Å². The minimum absolute atomic E-state index is 0.0400. The number of nitrogens with zero attached hydrogens (tertiary/aromatic N) is 1. The van der Waals surface area contributed by atoms with Gasteiger partial charge in [-0.15, -0.1) is 0 Å². The van der Waals surface area contributed by atoms with E-state index in [0.29, 0.717) is 11.3 Å². The number of para-hydroxylation sites is 1. The third-order valence-electron chi connectivity index (χ3n) is 6.46. The first-order valence-corrected chi connectivity index (χ1v) is 12.8. The number of aliphatic hydroxyl groups is 1. The fourth-order valence-electron chi connectivity index (χ4n) is 4.13. The zero-order chi connectivity index (χ0) is 30.1. The number of carboxylic acid groups (broad SMARTS) is 1. The number of imidazole rings is 1. The van der Waals surface area contributed by atoms with Crippen LogP contribution in [-0.2, 0) is 36.8 Å². The standard InChI is InChI=1S/C26H34N8O7/c1-13(35)22(28)25(39)34-20(9-15-11-29-12-31-15)24(38)33-19(8-14-10-30-17-5-3-2-4-16(14)17)23(37)32-18(26(40)41)6-7-21(27)36/h2-5,10-13,18-20,22,30,35H,6-9,28H2,1H3,(H2,27,36)(H,29,31)(H,32,37)(H,33,38)(H,34,39)(H,40,41). The number of amides is 4. The molecule has 0 fully saturated rings. The van der Waals surface area contributed by atoms with E-state index in [2.05, 4.69) is 30.9 Å². The molecular weight excluding hydrogens is 536 g/mol. The molecule has 0 bridgehead atoms. The van der Waals surface area contributed by atoms with Gasteiger partial charge in [-0.05, 0) is 25.0 Å². The predicted octanol–water partition coefficient (Wildman–Crippen LogP) is -1.81. The van der Waals surface area contributed by atoms with E-state index in [0.717, 1.165) is 10.9 Å². The minimum atomic E-state index is -1.44. The highest BCUT2D eigenvalue weighted by Gasteiger charge is 2.32. The highest BCUT2D eigenvalue weighted by atomic mass is 16.4. The van der Waals surface area contributed by atoms with Gasteiger partial charge in [-0.25, -0.2) is 9.78 Å². The highest BCUT2D eigenvalue weighted by Crippen LogP contribution is 2.19. The van der Waals surface area contributed by atoms with E-state index in [-0.39, 0.29) is 25.7 Å². The van der Waals surface area contributed by atoms with E-state index in [1.807, 2.05) is 18.2 Å². The van der Waals surface area contributed by atoms with Crippen LogP contribution in [0.5, 0.6) is 0 Å². The summed E-state index contributed by atoms with van der Waals surface area (Å²) in [7, 11) is 0. The van der Waals surface area contributed by atoms with E-state index in [1.54, 1.807) is 12.3 Å². The number of aromatic amines is 2. The fourth-order valence-corrected chi connectivity index (χ4v) is 4.13. The average Bonchev–Trinajstić information content (AvgIpc) is 3.59. The minimum Gasteiger partial charge on any atom is -0.480 e. The number of H-pyrrole nitrogens is 2. The SMILES string of the molecule is CC(O)C(N)C(=O)NC(Cc1cnc[nH]1)C(=O)NC(Cc1c[nH]c2ccccc12)C(=O)NC(CCC(N)=O)C(=O)O. The molecule has 15 nitrogen and oxygen atoms in total. The maximum Gasteiger partial charge on any atom is 0.326 e. The van der Waals surface area contributed by atoms with Crippen molar-refractivity contribution in [2.75, 3.05) is 0 Å². The normalized spacial score (nSPS) is 14.8. The topological polar surface area (TPSA) is 258 Å². The smallest absolute Gasteiger partial charge is 0.326 e. The molecule has 11 N–H and O–H groups in total. The molecule has 0 radical (unpaired) electrons. The van der Waals surface area contributed by atoms with Gasteiger partial charge in [-0.3, -0.25) is 19.2 Å². The van der Waals surface area contributed by atoms with Crippen molar-refractivity contribution in [3.05, 3.63) is 54.2 Å². The maximum atomic E-state index is 13.5. The van der Waals surface area contributed by atoms with Gasteiger partial charge in [0.1, 0.15) is 24.2 Å². The molecule has 0 spiro atoms. The number of aromatic nitrogens is 3. The molecule has 0 aliphatic heterocycles. The van der Waals surface area contributed by atoms with Gasteiger partial charge in [0.05, 0.1) is 12.4 Å². The van der Waals surface area contributed by atoms with Gasteiger partial charge in [0.15, 0.2) is 0 Å². The lowest BCUT2D eigenvalue weighted by molar-refractivity contribution is -0.142. The van der Waals surface area contributed by atoms with Crippen molar-refractivity contribution in [1.82, 2.24) is 30.9 Å². The molecule has 2 heterocycles. The van der Waals surface area contributed by atoms with E-state index >= 15 is 0 Å². The van der Waals surface area contributed by atoms with Crippen molar-refractivity contribution in [3.63, 3.8) is 0 Å². The summed E-state index contributed by atoms with van der Waals surface area (Å²) in [4.78, 5) is 72.3. The van der Waals surface area contributed by atoms with Crippen LogP contribution in [0.4, 0.5) is 0 Å². The molecule has 0 saturated carbocycles. The Morgan fingerprint density at radius 2 is 1.59 bits per heavy atom. The summed E-state index contributed by atoms with van der Waals surface area (Å²) in [6, 6.07) is 1.99. The number of carbonyl (C=O) groups is 5. The lowest BCUT2D eigenvalue weighted by Gasteiger charge is -2.25. The molecule has 3 aromatic rings. The summed E-state index contributed by atoms with van der Waals surface area (Å²) in [6.45, 7) is 1.33. The molecule has 3 rings (SSSR count). The van der Waals surface area contributed by atoms with Gasteiger partial charge in [-0.1, -0.05) is 18.2 Å². The monoisotopic (exact) mass is 570 g/mol. The van der Waals surface area contributed by atoms with Crippen molar-refractivity contribution in [2.24, 2.45) is 11.5 Å². The largest absolute Gasteiger partial charge is 0.480 e. The first kappa shape index (κ1) is 30.8. The van der Waals surface area contributed by atoms with Crippen LogP contribution in [0.2, 0.25) is 0 Å². The third kappa shape index (κ3) is 8.61. The average molecular weight is 571 g/mol. The molecular formula is C26H34N8O7. The fraction of sp³-hybridized carbons (Fsp3) is 0.385. The van der Waals surface area contributed by atoms with Gasteiger partial charge >= 0.3 is 5.97 Å². The van der Waals surface area contributed by atoms with Crippen LogP contribution in [0.25, 0.3) is 10.9 Å². The molecule has 220 valence electrons. The van der Waals surface area contributed by atoms with Crippen molar-refractivity contribution in [1.29, 1.82) is 0 Å². The van der Waals surface area contributed by atoms with E-state index in [9.17, 15) is 34.2 Å². The van der Waals surface area contributed by atoms with Crippen LogP contribution < -0.4 is 27.4 Å². The number of aliphatic hydroxyl groups excluding tert-OH is 1. The van der Waals surface area contributed by atoms with Gasteiger partial charge in [0.2, 0.25) is 23.6 Å². The van der Waals surface area contributed by atoms with Gasteiger partial charge in [0.25, 0.3) is 0 Å². The van der Waals surface area contributed by atoms with Crippen LogP contribution in [-0.4, -0.2) is 85.0 Å². The Morgan fingerprint density at radius 3 is 2.20 bits per heavy atom. The number of primary amides is 1. The predicted molar refractivity (Wildman–Crippen MR) is 146 cm³/mol. The van der Waals surface area contributed by atoms with Gasteiger partial charge < -0.3 is 47.6 Å². The van der Waals surface area contributed by atoms with E-state index in [1.165, 1.54) is 19.4 Å². The van der Waals surface area contributed by atoms with Crippen molar-refractivity contribution < 1.29 is 34.2 Å². The summed E-state index contributed by atoms with van der Waals surface area (Å²) in [5.74, 6) is -4.51. The van der Waals surface area contributed by atoms with Crippen LogP contribution in [0.3, 0.4) is 0 Å². The number of carboxylic acids is 1. The number of aliphatic carboxylic acids is 1. The molecule has 15 heteroatoms. The molecule has 41 heavy (non-hydrogen) atoms. The number of fused-ring (bicyclic) bond motifs is 1. The maximum absolute atomic E-state index is 13.5. The zero-order valence-electron chi connectivity index (χ0n) is 22.3. The molecule has 4 amide bonds. The Balaban J connectivity index is 1.88. The van der Waals surface area contributed by atoms with Crippen LogP contribution in [0, 0.1) is 0 Å². The number of rotatable bonds is 15. The van der Waals surface area contributed by atoms with Crippen LogP contribution in [0.15, 0.2) is 43.0 Å². The number of hydrogen-bond donors (Lipinski definition) is 9.